The largest absolute Gasteiger partial charge is 0.530 e. The smallest absolute Gasteiger partial charge is 0.408 e. The second-order valence-electron chi connectivity index (χ2n) is 19.8. The van der Waals surface area contributed by atoms with Gasteiger partial charge in [-0.15, -0.1) is 0 Å². The first-order valence-corrected chi connectivity index (χ1v) is 26.6. The standard InChI is InChI=1S/C57H63O7P3/c1-41(2)43-29-15-19-33-47(43)59-65(60-48-34-20-16-30-44(48)55(3,4)5)63-51-37-23-25-39-53(51)67(58,42-27-13-12-14-28-42)54-40-26-24-38-52(54)64-66(61-49-35-21-17-31-45(49)56(6,7)8)62-50-36-22-18-32-46(50)57(9,10)11/h12-41H,1-11H3. The Morgan fingerprint density at radius 3 is 1.01 bits per heavy atom. The van der Waals surface area contributed by atoms with E-state index in [-0.39, 0.29) is 22.2 Å². The maximum atomic E-state index is 16.8. The van der Waals surface area contributed by atoms with Gasteiger partial charge in [0.15, 0.2) is 7.14 Å². The third kappa shape index (κ3) is 11.8. The highest BCUT2D eigenvalue weighted by atomic mass is 31.2. The lowest BCUT2D eigenvalue weighted by atomic mass is 9.86. The van der Waals surface area contributed by atoms with Gasteiger partial charge >= 0.3 is 17.2 Å². The van der Waals surface area contributed by atoms with E-state index in [0.29, 0.717) is 50.4 Å². The van der Waals surface area contributed by atoms with Crippen LogP contribution in [0.15, 0.2) is 176 Å². The second kappa shape index (κ2) is 20.7. The Hall–Kier alpha value is -5.57. The third-order valence-electron chi connectivity index (χ3n) is 11.2. The van der Waals surface area contributed by atoms with Crippen LogP contribution in [0.3, 0.4) is 0 Å². The molecule has 2 unspecified atom stereocenters. The van der Waals surface area contributed by atoms with Gasteiger partial charge in [-0.2, -0.15) is 0 Å². The summed E-state index contributed by atoms with van der Waals surface area (Å²) in [5.74, 6) is 3.42. The Balaban J connectivity index is 1.37. The van der Waals surface area contributed by atoms with Crippen molar-refractivity contribution in [2.75, 3.05) is 0 Å². The van der Waals surface area contributed by atoms with Crippen molar-refractivity contribution in [2.45, 2.75) is 98.3 Å². The first kappa shape index (κ1) is 49.3. The third-order valence-corrected chi connectivity index (χ3v) is 16.4. The molecular formula is C57H63O7P3. The van der Waals surface area contributed by atoms with E-state index in [1.165, 1.54) is 0 Å². The van der Waals surface area contributed by atoms with E-state index in [2.05, 4.69) is 100 Å². The Labute approximate surface area is 401 Å². The van der Waals surface area contributed by atoms with Gasteiger partial charge in [0.25, 0.3) is 0 Å². The van der Waals surface area contributed by atoms with Gasteiger partial charge in [0, 0.05) is 22.0 Å². The predicted octanol–water partition coefficient (Wildman–Crippen LogP) is 15.9. The Morgan fingerprint density at radius 1 is 0.358 bits per heavy atom. The minimum absolute atomic E-state index is 0.166. The van der Waals surface area contributed by atoms with Gasteiger partial charge in [-0.05, 0) is 76.3 Å². The van der Waals surface area contributed by atoms with Gasteiger partial charge < -0.3 is 31.7 Å². The highest BCUT2D eigenvalue weighted by Gasteiger charge is 2.39. The topological polar surface area (TPSA) is 72.5 Å². The molecule has 0 aliphatic heterocycles. The van der Waals surface area contributed by atoms with Crippen LogP contribution in [-0.4, -0.2) is 0 Å². The summed E-state index contributed by atoms with van der Waals surface area (Å²) in [6, 6.07) is 56.1. The molecule has 7 rings (SSSR count). The molecule has 0 saturated carbocycles. The first-order chi connectivity index (χ1) is 31.8. The summed E-state index contributed by atoms with van der Waals surface area (Å²) in [7, 11) is -8.27. The second-order valence-corrected chi connectivity index (χ2v) is 24.5. The molecule has 0 heterocycles. The number of benzene rings is 7. The van der Waals surface area contributed by atoms with Crippen LogP contribution >= 0.6 is 24.3 Å². The number of rotatable bonds is 16. The van der Waals surface area contributed by atoms with Crippen LogP contribution in [0.2, 0.25) is 0 Å². The van der Waals surface area contributed by atoms with Crippen molar-refractivity contribution < 1.29 is 31.7 Å². The van der Waals surface area contributed by atoms with Crippen LogP contribution in [0, 0.1) is 0 Å². The van der Waals surface area contributed by atoms with Crippen molar-refractivity contribution in [1.29, 1.82) is 0 Å². The van der Waals surface area contributed by atoms with Gasteiger partial charge in [0.1, 0.15) is 34.5 Å². The molecule has 67 heavy (non-hydrogen) atoms. The molecule has 0 fully saturated rings. The summed E-state index contributed by atoms with van der Waals surface area (Å²) >= 11 is 0. The summed E-state index contributed by atoms with van der Waals surface area (Å²) in [5.41, 5.74) is 3.27. The molecule has 0 N–H and O–H groups in total. The molecule has 0 aliphatic rings. The lowest BCUT2D eigenvalue weighted by molar-refractivity contribution is 0.378. The minimum Gasteiger partial charge on any atom is -0.408 e. The zero-order valence-corrected chi connectivity index (χ0v) is 43.2. The van der Waals surface area contributed by atoms with E-state index >= 15 is 4.57 Å². The van der Waals surface area contributed by atoms with Crippen LogP contribution in [0.25, 0.3) is 0 Å². The van der Waals surface area contributed by atoms with Crippen LogP contribution in [0.4, 0.5) is 0 Å². The van der Waals surface area contributed by atoms with Crippen molar-refractivity contribution in [1.82, 2.24) is 0 Å². The summed E-state index contributed by atoms with van der Waals surface area (Å²) in [5, 5.41) is 1.47. The quantitative estimate of drug-likeness (QED) is 0.0894. The minimum atomic E-state index is -3.88. The van der Waals surface area contributed by atoms with Gasteiger partial charge in [0.05, 0.1) is 10.6 Å². The van der Waals surface area contributed by atoms with Crippen molar-refractivity contribution in [3.63, 3.8) is 0 Å². The maximum Gasteiger partial charge on any atom is 0.530 e. The predicted molar refractivity (Wildman–Crippen MR) is 279 cm³/mol. The van der Waals surface area contributed by atoms with Gasteiger partial charge in [0.2, 0.25) is 0 Å². The zero-order chi connectivity index (χ0) is 48.0. The molecule has 0 radical (unpaired) electrons. The Morgan fingerprint density at radius 2 is 0.642 bits per heavy atom. The van der Waals surface area contributed by atoms with Crippen LogP contribution in [0.5, 0.6) is 34.5 Å². The van der Waals surface area contributed by atoms with Crippen molar-refractivity contribution in [2.24, 2.45) is 0 Å². The lowest BCUT2D eigenvalue weighted by Crippen LogP contribution is -2.27. The Bertz CT molecular complexity index is 2750. The fourth-order valence-corrected chi connectivity index (χ4v) is 12.9. The molecule has 0 saturated heterocycles. The molecule has 0 aliphatic carbocycles. The SMILES string of the molecule is CC(C)c1ccccc1OP(Oc1ccccc1C(C)(C)C)Oc1ccccc1P(=O)(c1ccccc1)c1ccccc1OP(Oc1ccccc1C(C)(C)C)Oc1ccccc1C(C)(C)C. The summed E-state index contributed by atoms with van der Waals surface area (Å²) in [6.07, 6.45) is 0. The van der Waals surface area contributed by atoms with Crippen molar-refractivity contribution in [3.8, 4) is 34.5 Å². The first-order valence-electron chi connectivity index (χ1n) is 22.7. The monoisotopic (exact) mass is 952 g/mol. The van der Waals surface area contributed by atoms with Gasteiger partial charge in [-0.3, -0.25) is 0 Å². The maximum absolute atomic E-state index is 16.8. The summed E-state index contributed by atoms with van der Waals surface area (Å²) < 4.78 is 58.1. The highest BCUT2D eigenvalue weighted by molar-refractivity contribution is 7.85. The average Bonchev–Trinajstić information content (AvgIpc) is 3.29. The lowest BCUT2D eigenvalue weighted by Gasteiger charge is -2.29. The molecule has 7 aromatic rings. The van der Waals surface area contributed by atoms with Crippen LogP contribution in [-0.2, 0) is 20.8 Å². The highest BCUT2D eigenvalue weighted by Crippen LogP contribution is 2.54. The molecule has 10 heteroatoms. The van der Waals surface area contributed by atoms with E-state index in [4.69, 9.17) is 27.1 Å². The number of hydrogen-bond donors (Lipinski definition) is 0. The van der Waals surface area contributed by atoms with E-state index in [0.717, 1.165) is 22.3 Å². The summed E-state index contributed by atoms with van der Waals surface area (Å²) in [6.45, 7) is 23.6. The fourth-order valence-electron chi connectivity index (χ4n) is 7.77. The van der Waals surface area contributed by atoms with E-state index in [1.54, 1.807) is 0 Å². The molecule has 7 aromatic carbocycles. The fraction of sp³-hybridized carbons (Fsp3) is 0.263. The molecule has 0 amide bonds. The zero-order valence-electron chi connectivity index (χ0n) is 40.5. The average molecular weight is 953 g/mol. The van der Waals surface area contributed by atoms with Crippen molar-refractivity contribution >= 4 is 40.3 Å². The van der Waals surface area contributed by atoms with E-state index in [1.807, 2.05) is 152 Å². The number of para-hydroxylation sites is 6. The molecular weight excluding hydrogens is 890 g/mol. The molecule has 7 nitrogen and oxygen atoms in total. The van der Waals surface area contributed by atoms with Crippen molar-refractivity contribution in [3.05, 3.63) is 198 Å². The van der Waals surface area contributed by atoms with Gasteiger partial charge in [-0.25, -0.2) is 0 Å². The van der Waals surface area contributed by atoms with E-state index < -0.39 is 24.3 Å². The molecule has 348 valence electrons. The molecule has 0 aromatic heterocycles. The Kier molecular flexibility index (Phi) is 15.3. The molecule has 0 spiro atoms. The molecule has 0 bridgehead atoms. The van der Waals surface area contributed by atoms with Gasteiger partial charge in [-0.1, -0.05) is 204 Å². The van der Waals surface area contributed by atoms with Crippen LogP contribution in [0.1, 0.15) is 104 Å². The van der Waals surface area contributed by atoms with Crippen LogP contribution < -0.4 is 43.1 Å². The van der Waals surface area contributed by atoms with E-state index in [9.17, 15) is 0 Å². The number of hydrogen-bond acceptors (Lipinski definition) is 7. The normalized spacial score (nSPS) is 13.4. The summed E-state index contributed by atoms with van der Waals surface area (Å²) in [4.78, 5) is 0. The molecule has 2 atom stereocenters.